The third-order valence-corrected chi connectivity index (χ3v) is 4.22. The number of likely N-dealkylation sites (tertiary alicyclic amines) is 1. The highest BCUT2D eigenvalue weighted by Crippen LogP contribution is 2.22. The Hall–Kier alpha value is -1.75. The molecule has 0 radical (unpaired) electrons. The molecular weight excluding hydrogens is 304 g/mol. The molecule has 134 valence electrons. The van der Waals surface area contributed by atoms with Crippen molar-refractivity contribution in [2.24, 2.45) is 0 Å². The first-order valence-corrected chi connectivity index (χ1v) is 9.14. The van der Waals surface area contributed by atoms with Crippen molar-refractivity contribution >= 4 is 11.8 Å². The second-order valence-electron chi connectivity index (χ2n) is 6.11. The zero-order chi connectivity index (χ0) is 17.2. The minimum atomic E-state index is -0.290. The van der Waals surface area contributed by atoms with E-state index in [1.807, 2.05) is 31.2 Å². The summed E-state index contributed by atoms with van der Waals surface area (Å²) in [5.41, 5.74) is 0.814. The fourth-order valence-electron chi connectivity index (χ4n) is 2.90. The van der Waals surface area contributed by atoms with Crippen LogP contribution in [0.2, 0.25) is 0 Å². The Balaban J connectivity index is 1.85. The summed E-state index contributed by atoms with van der Waals surface area (Å²) in [7, 11) is 0. The van der Waals surface area contributed by atoms with E-state index < -0.39 is 0 Å². The average molecular weight is 334 g/mol. The SMILES string of the molecule is CCCOc1cccc(N(CC)C(=O)OCCN2CCCCC2)c1. The van der Waals surface area contributed by atoms with Crippen molar-refractivity contribution < 1.29 is 14.3 Å². The largest absolute Gasteiger partial charge is 0.494 e. The summed E-state index contributed by atoms with van der Waals surface area (Å²) in [6, 6.07) is 7.62. The second-order valence-corrected chi connectivity index (χ2v) is 6.11. The molecule has 5 nitrogen and oxygen atoms in total. The summed E-state index contributed by atoms with van der Waals surface area (Å²) >= 11 is 0. The summed E-state index contributed by atoms with van der Waals surface area (Å²) in [6.07, 6.45) is 4.48. The minimum absolute atomic E-state index is 0.290. The Morgan fingerprint density at radius 1 is 1.17 bits per heavy atom. The Labute approximate surface area is 145 Å². The smallest absolute Gasteiger partial charge is 0.414 e. The van der Waals surface area contributed by atoms with Gasteiger partial charge in [-0.05, 0) is 51.4 Å². The summed E-state index contributed by atoms with van der Waals surface area (Å²) in [5.74, 6) is 0.786. The molecule has 24 heavy (non-hydrogen) atoms. The zero-order valence-electron chi connectivity index (χ0n) is 15.0. The lowest BCUT2D eigenvalue weighted by Gasteiger charge is -2.27. The van der Waals surface area contributed by atoms with Gasteiger partial charge in [0.05, 0.1) is 12.3 Å². The highest BCUT2D eigenvalue weighted by atomic mass is 16.6. The molecule has 1 aromatic rings. The van der Waals surface area contributed by atoms with Crippen molar-refractivity contribution in [2.75, 3.05) is 44.3 Å². The summed E-state index contributed by atoms with van der Waals surface area (Å²) in [6.45, 7) is 8.77. The number of ether oxygens (including phenoxy) is 2. The molecule has 0 aliphatic carbocycles. The molecule has 1 aromatic carbocycles. The van der Waals surface area contributed by atoms with Crippen LogP contribution in [0.1, 0.15) is 39.5 Å². The van der Waals surface area contributed by atoms with E-state index in [4.69, 9.17) is 9.47 Å². The van der Waals surface area contributed by atoms with Gasteiger partial charge in [-0.15, -0.1) is 0 Å². The molecule has 1 saturated heterocycles. The van der Waals surface area contributed by atoms with E-state index in [-0.39, 0.29) is 6.09 Å². The van der Waals surface area contributed by atoms with Gasteiger partial charge in [-0.2, -0.15) is 0 Å². The van der Waals surface area contributed by atoms with Crippen LogP contribution in [0.5, 0.6) is 5.75 Å². The van der Waals surface area contributed by atoms with Crippen LogP contribution in [0.4, 0.5) is 10.5 Å². The number of hydrogen-bond acceptors (Lipinski definition) is 4. The van der Waals surface area contributed by atoms with Crippen LogP contribution < -0.4 is 9.64 Å². The van der Waals surface area contributed by atoms with Crippen LogP contribution >= 0.6 is 0 Å². The second kappa shape index (κ2) is 10.2. The Morgan fingerprint density at radius 3 is 2.67 bits per heavy atom. The summed E-state index contributed by atoms with van der Waals surface area (Å²) < 4.78 is 11.1. The van der Waals surface area contributed by atoms with E-state index in [0.717, 1.165) is 37.5 Å². The zero-order valence-corrected chi connectivity index (χ0v) is 15.0. The van der Waals surface area contributed by atoms with Crippen LogP contribution in [0.25, 0.3) is 0 Å². The molecule has 1 amide bonds. The lowest BCUT2D eigenvalue weighted by molar-refractivity contribution is 0.126. The lowest BCUT2D eigenvalue weighted by atomic mass is 10.1. The predicted molar refractivity (Wildman–Crippen MR) is 96.9 cm³/mol. The average Bonchev–Trinajstić information content (AvgIpc) is 2.62. The third-order valence-electron chi connectivity index (χ3n) is 4.22. The number of piperidine rings is 1. The van der Waals surface area contributed by atoms with Crippen molar-refractivity contribution in [3.05, 3.63) is 24.3 Å². The first kappa shape index (κ1) is 18.6. The molecule has 0 aromatic heterocycles. The first-order valence-electron chi connectivity index (χ1n) is 9.14. The van der Waals surface area contributed by atoms with Gasteiger partial charge in [-0.1, -0.05) is 19.4 Å². The van der Waals surface area contributed by atoms with E-state index in [2.05, 4.69) is 11.8 Å². The Bertz CT molecular complexity index is 501. The van der Waals surface area contributed by atoms with Crippen LogP contribution in [-0.2, 0) is 4.74 Å². The molecule has 5 heteroatoms. The Kier molecular flexibility index (Phi) is 7.89. The van der Waals surface area contributed by atoms with Crippen LogP contribution in [0.15, 0.2) is 24.3 Å². The number of benzene rings is 1. The maximum Gasteiger partial charge on any atom is 0.414 e. The van der Waals surface area contributed by atoms with Crippen molar-refractivity contribution in [1.29, 1.82) is 0 Å². The highest BCUT2D eigenvalue weighted by Gasteiger charge is 2.17. The van der Waals surface area contributed by atoms with Crippen molar-refractivity contribution in [3.63, 3.8) is 0 Å². The molecule has 0 unspecified atom stereocenters. The molecule has 1 heterocycles. The molecule has 0 N–H and O–H groups in total. The van der Waals surface area contributed by atoms with Gasteiger partial charge in [0, 0.05) is 19.2 Å². The van der Waals surface area contributed by atoms with Gasteiger partial charge < -0.3 is 9.47 Å². The molecule has 1 aliphatic heterocycles. The fourth-order valence-corrected chi connectivity index (χ4v) is 2.90. The number of carbonyl (C=O) groups excluding carboxylic acids is 1. The standard InChI is InChI=1S/C19H30N2O3/c1-3-14-23-18-10-8-9-17(16-18)21(4-2)19(22)24-15-13-20-11-6-5-7-12-20/h8-10,16H,3-7,11-15H2,1-2H3. The molecule has 0 atom stereocenters. The summed E-state index contributed by atoms with van der Waals surface area (Å²) in [4.78, 5) is 16.4. The van der Waals surface area contributed by atoms with Crippen LogP contribution in [0, 0.1) is 0 Å². The van der Waals surface area contributed by atoms with E-state index in [0.29, 0.717) is 19.8 Å². The van der Waals surface area contributed by atoms with Gasteiger partial charge >= 0.3 is 6.09 Å². The molecule has 0 saturated carbocycles. The molecule has 0 spiro atoms. The molecule has 1 aliphatic rings. The van der Waals surface area contributed by atoms with Crippen LogP contribution in [0.3, 0.4) is 0 Å². The van der Waals surface area contributed by atoms with E-state index in [1.165, 1.54) is 19.3 Å². The first-order chi connectivity index (χ1) is 11.7. The minimum Gasteiger partial charge on any atom is -0.494 e. The van der Waals surface area contributed by atoms with E-state index in [9.17, 15) is 4.79 Å². The van der Waals surface area contributed by atoms with Crippen molar-refractivity contribution in [1.82, 2.24) is 4.90 Å². The van der Waals surface area contributed by atoms with Crippen LogP contribution in [-0.4, -0.2) is 50.4 Å². The maximum absolute atomic E-state index is 12.4. The predicted octanol–water partition coefficient (Wildman–Crippen LogP) is 3.92. The Morgan fingerprint density at radius 2 is 1.96 bits per heavy atom. The lowest BCUT2D eigenvalue weighted by Crippen LogP contribution is -2.36. The summed E-state index contributed by atoms with van der Waals surface area (Å²) in [5, 5.41) is 0. The molecule has 0 bridgehead atoms. The number of amides is 1. The maximum atomic E-state index is 12.4. The number of nitrogens with zero attached hydrogens (tertiary/aromatic N) is 2. The van der Waals surface area contributed by atoms with E-state index >= 15 is 0 Å². The van der Waals surface area contributed by atoms with Crippen molar-refractivity contribution in [3.8, 4) is 5.75 Å². The number of rotatable bonds is 8. The highest BCUT2D eigenvalue weighted by molar-refractivity contribution is 5.87. The normalized spacial score (nSPS) is 15.1. The van der Waals surface area contributed by atoms with Gasteiger partial charge in [0.2, 0.25) is 0 Å². The fraction of sp³-hybridized carbons (Fsp3) is 0.632. The van der Waals surface area contributed by atoms with Gasteiger partial charge in [0.15, 0.2) is 0 Å². The van der Waals surface area contributed by atoms with Gasteiger partial charge in [-0.25, -0.2) is 4.79 Å². The van der Waals surface area contributed by atoms with Gasteiger partial charge in [-0.3, -0.25) is 9.80 Å². The topological polar surface area (TPSA) is 42.0 Å². The third kappa shape index (κ3) is 5.71. The monoisotopic (exact) mass is 334 g/mol. The van der Waals surface area contributed by atoms with E-state index in [1.54, 1.807) is 4.90 Å². The molecule has 2 rings (SSSR count). The van der Waals surface area contributed by atoms with Gasteiger partial charge in [0.1, 0.15) is 12.4 Å². The number of hydrogen-bond donors (Lipinski definition) is 0. The van der Waals surface area contributed by atoms with Crippen molar-refractivity contribution in [2.45, 2.75) is 39.5 Å². The number of anilines is 1. The quantitative estimate of drug-likeness (QED) is 0.722. The number of carbonyl (C=O) groups is 1. The molecular formula is C19H30N2O3. The molecule has 1 fully saturated rings. The van der Waals surface area contributed by atoms with Gasteiger partial charge in [0.25, 0.3) is 0 Å².